The molecule has 7 nitrogen and oxygen atoms in total. The van der Waals surface area contributed by atoms with Crippen LogP contribution in [0.25, 0.3) is 11.6 Å². The predicted molar refractivity (Wildman–Crippen MR) is 112 cm³/mol. The lowest BCUT2D eigenvalue weighted by Gasteiger charge is -2.06. The quantitative estimate of drug-likeness (QED) is 0.450. The number of carbonyl (C=O) groups excluding carboxylic acids is 1. The minimum absolute atomic E-state index is 0.0150. The number of nitrogens with zero attached hydrogens (tertiary/aromatic N) is 2. The maximum absolute atomic E-state index is 11.9. The molecule has 2 heterocycles. The molecule has 0 fully saturated rings. The molecule has 2 aromatic rings. The van der Waals surface area contributed by atoms with Gasteiger partial charge in [0.15, 0.2) is 3.95 Å². The number of thiazole rings is 1. The van der Waals surface area contributed by atoms with Gasteiger partial charge in [-0.05, 0) is 30.8 Å². The number of hydrogen-bond acceptors (Lipinski definition) is 6. The van der Waals surface area contributed by atoms with Crippen LogP contribution in [0.5, 0.6) is 5.88 Å². The fraction of sp³-hybridized carbons (Fsp3) is 0.263. The predicted octanol–water partition coefficient (Wildman–Crippen LogP) is 3.61. The van der Waals surface area contributed by atoms with Crippen molar-refractivity contribution in [3.05, 3.63) is 38.7 Å². The van der Waals surface area contributed by atoms with Crippen LogP contribution in [0.4, 0.5) is 5.69 Å². The molecule has 1 aliphatic rings. The van der Waals surface area contributed by atoms with Crippen molar-refractivity contribution in [1.82, 2.24) is 9.88 Å². The van der Waals surface area contributed by atoms with Gasteiger partial charge in [0.25, 0.3) is 0 Å². The fourth-order valence-corrected chi connectivity index (χ4v) is 4.08. The summed E-state index contributed by atoms with van der Waals surface area (Å²) in [6.45, 7) is 0.558. The van der Waals surface area contributed by atoms with Gasteiger partial charge in [-0.25, -0.2) is 0 Å². The molecule has 0 spiro atoms. The van der Waals surface area contributed by atoms with Crippen molar-refractivity contribution in [3.8, 4) is 5.88 Å². The molecule has 0 saturated carbocycles. The molecule has 0 bridgehead atoms. The molecule has 0 saturated heterocycles. The van der Waals surface area contributed by atoms with E-state index in [1.807, 2.05) is 30.3 Å². The van der Waals surface area contributed by atoms with E-state index in [-0.39, 0.29) is 31.2 Å². The third-order valence-corrected chi connectivity index (χ3v) is 5.58. The molecule has 0 aliphatic carbocycles. The van der Waals surface area contributed by atoms with E-state index >= 15 is 0 Å². The Morgan fingerprint density at radius 2 is 2.07 bits per heavy atom. The summed E-state index contributed by atoms with van der Waals surface area (Å²) in [5, 5.41) is 21.8. The van der Waals surface area contributed by atoms with E-state index in [4.69, 9.17) is 17.3 Å². The van der Waals surface area contributed by atoms with E-state index in [1.165, 1.54) is 15.9 Å². The molecule has 1 amide bonds. The monoisotopic (exact) mass is 417 g/mol. The zero-order valence-electron chi connectivity index (χ0n) is 14.9. The van der Waals surface area contributed by atoms with Gasteiger partial charge in [-0.3, -0.25) is 19.1 Å². The van der Waals surface area contributed by atoms with E-state index < -0.39 is 5.97 Å². The summed E-state index contributed by atoms with van der Waals surface area (Å²) in [5.41, 5.74) is 2.77. The lowest BCUT2D eigenvalue weighted by atomic mass is 10.1. The highest BCUT2D eigenvalue weighted by atomic mass is 32.1. The lowest BCUT2D eigenvalue weighted by Crippen LogP contribution is -2.25. The number of allylic oxidation sites excluding steroid dienone is 1. The van der Waals surface area contributed by atoms with Gasteiger partial charge in [0, 0.05) is 43.3 Å². The minimum Gasteiger partial charge on any atom is -0.493 e. The second-order valence-electron chi connectivity index (χ2n) is 6.18. The first-order valence-corrected chi connectivity index (χ1v) is 9.94. The normalized spacial score (nSPS) is 13.6. The first-order chi connectivity index (χ1) is 13.5. The van der Waals surface area contributed by atoms with E-state index in [1.54, 1.807) is 6.21 Å². The Bertz CT molecular complexity index is 1020. The zero-order valence-corrected chi connectivity index (χ0v) is 16.6. The van der Waals surface area contributed by atoms with Gasteiger partial charge in [-0.1, -0.05) is 18.2 Å². The Morgan fingerprint density at radius 3 is 2.86 bits per heavy atom. The molecule has 1 aromatic carbocycles. The van der Waals surface area contributed by atoms with Crippen molar-refractivity contribution >= 4 is 59.0 Å². The number of carboxylic acid groups (broad SMARTS) is 1. The summed E-state index contributed by atoms with van der Waals surface area (Å²) in [4.78, 5) is 27.3. The zero-order chi connectivity index (χ0) is 20.1. The number of aliphatic carboxylic acids is 1. The topological polar surface area (TPSA) is 104 Å². The molecule has 1 aromatic heterocycles. The number of para-hydroxylation sites is 1. The van der Waals surface area contributed by atoms with E-state index in [0.717, 1.165) is 16.8 Å². The number of benzene rings is 1. The Hall–Kier alpha value is -2.78. The lowest BCUT2D eigenvalue weighted by molar-refractivity contribution is -0.137. The number of aliphatic imine (C=N–C) groups is 1. The van der Waals surface area contributed by atoms with Crippen LogP contribution < -0.4 is 5.32 Å². The molecule has 146 valence electrons. The Morgan fingerprint density at radius 1 is 1.29 bits per heavy atom. The first kappa shape index (κ1) is 20.0. The van der Waals surface area contributed by atoms with Crippen LogP contribution >= 0.6 is 23.6 Å². The molecular weight excluding hydrogens is 398 g/mol. The number of aromatic hydroxyl groups is 1. The summed E-state index contributed by atoms with van der Waals surface area (Å²) >= 11 is 6.60. The number of amides is 1. The van der Waals surface area contributed by atoms with E-state index in [0.29, 0.717) is 21.8 Å². The number of rotatable bonds is 8. The summed E-state index contributed by atoms with van der Waals surface area (Å²) in [6.07, 6.45) is 4.13. The molecule has 3 rings (SSSR count). The van der Waals surface area contributed by atoms with Crippen molar-refractivity contribution in [3.63, 3.8) is 0 Å². The number of hydrogen-bond donors (Lipinski definition) is 3. The molecular formula is C19H19N3O4S2. The summed E-state index contributed by atoms with van der Waals surface area (Å²) < 4.78 is 2.01. The number of nitrogens with one attached hydrogen (secondary N) is 1. The highest BCUT2D eigenvalue weighted by Gasteiger charge is 2.15. The molecule has 3 N–H and O–H groups in total. The summed E-state index contributed by atoms with van der Waals surface area (Å²) in [7, 11) is 0. The average molecular weight is 418 g/mol. The largest absolute Gasteiger partial charge is 0.493 e. The van der Waals surface area contributed by atoms with Gasteiger partial charge in [0.1, 0.15) is 0 Å². The Labute approximate surface area is 170 Å². The van der Waals surface area contributed by atoms with Crippen LogP contribution in [-0.2, 0) is 16.1 Å². The Kier molecular flexibility index (Phi) is 6.37. The smallest absolute Gasteiger partial charge is 0.303 e. The number of aromatic nitrogens is 1. The molecule has 28 heavy (non-hydrogen) atoms. The SMILES string of the molecule is O=C(O)CCCNC(=O)CCn1c(O)c(/C=C2\C=Nc3ccccc32)sc1=S. The third-order valence-electron chi connectivity index (χ3n) is 4.19. The van der Waals surface area contributed by atoms with Crippen LogP contribution in [0, 0.1) is 3.95 Å². The molecule has 0 radical (unpaired) electrons. The van der Waals surface area contributed by atoms with Crippen LogP contribution in [-0.4, -0.2) is 39.4 Å². The Balaban J connectivity index is 1.64. The minimum atomic E-state index is -0.889. The number of carbonyl (C=O) groups is 2. The third kappa shape index (κ3) is 4.73. The maximum atomic E-state index is 11.9. The highest BCUT2D eigenvalue weighted by Crippen LogP contribution is 2.35. The second-order valence-corrected chi connectivity index (χ2v) is 7.86. The first-order valence-electron chi connectivity index (χ1n) is 8.72. The van der Waals surface area contributed by atoms with Gasteiger partial charge < -0.3 is 15.5 Å². The average Bonchev–Trinajstić information content (AvgIpc) is 3.19. The van der Waals surface area contributed by atoms with E-state index in [2.05, 4.69) is 10.3 Å². The molecule has 0 atom stereocenters. The van der Waals surface area contributed by atoms with Crippen molar-refractivity contribution < 1.29 is 19.8 Å². The highest BCUT2D eigenvalue weighted by molar-refractivity contribution is 7.73. The van der Waals surface area contributed by atoms with Gasteiger partial charge in [0.05, 0.1) is 10.6 Å². The van der Waals surface area contributed by atoms with E-state index in [9.17, 15) is 14.7 Å². The van der Waals surface area contributed by atoms with Crippen LogP contribution in [0.2, 0.25) is 0 Å². The maximum Gasteiger partial charge on any atom is 0.303 e. The molecule has 9 heteroatoms. The van der Waals surface area contributed by atoms with Gasteiger partial charge in [-0.15, -0.1) is 11.3 Å². The number of fused-ring (bicyclic) bond motifs is 1. The fourth-order valence-electron chi connectivity index (χ4n) is 2.77. The van der Waals surface area contributed by atoms with Gasteiger partial charge in [0.2, 0.25) is 11.8 Å². The van der Waals surface area contributed by atoms with Gasteiger partial charge >= 0.3 is 5.97 Å². The van der Waals surface area contributed by atoms with Crippen LogP contribution in [0.1, 0.15) is 29.7 Å². The molecule has 0 unspecified atom stereocenters. The van der Waals surface area contributed by atoms with Crippen molar-refractivity contribution in [2.75, 3.05) is 6.54 Å². The standard InChI is InChI=1S/C19H19N3O4S2/c23-16(20-8-3-6-17(24)25)7-9-22-18(26)15(28-19(22)27)10-12-11-21-14-5-2-1-4-13(12)14/h1-2,4-5,10-11,26H,3,6-9H2,(H,20,23)(H,24,25)/b12-10+. The number of carboxylic acids is 1. The second kappa shape index (κ2) is 8.94. The molecule has 1 aliphatic heterocycles. The van der Waals surface area contributed by atoms with Crippen molar-refractivity contribution in [2.45, 2.75) is 25.8 Å². The van der Waals surface area contributed by atoms with Gasteiger partial charge in [-0.2, -0.15) is 0 Å². The summed E-state index contributed by atoms with van der Waals surface area (Å²) in [5.74, 6) is -1.08. The van der Waals surface area contributed by atoms with Crippen molar-refractivity contribution in [1.29, 1.82) is 0 Å². The van der Waals surface area contributed by atoms with Crippen molar-refractivity contribution in [2.24, 2.45) is 4.99 Å². The van der Waals surface area contributed by atoms with Crippen LogP contribution in [0.15, 0.2) is 29.3 Å². The van der Waals surface area contributed by atoms with Crippen LogP contribution in [0.3, 0.4) is 0 Å². The summed E-state index contributed by atoms with van der Waals surface area (Å²) in [6, 6.07) is 7.75.